The van der Waals surface area contributed by atoms with Gasteiger partial charge in [-0.1, -0.05) is 90.4 Å². The van der Waals surface area contributed by atoms with Crippen molar-refractivity contribution in [1.82, 2.24) is 0 Å². The lowest BCUT2D eigenvalue weighted by Gasteiger charge is -2.25. The molecule has 0 saturated heterocycles. The standard InChI is InChI=1S/C32H61N2O6P/c1-5-7-8-9-10-11-12-13-14-15-16-17-18-20-27-37-29-32(38-6-2)30-40-41(35,36)39-28-21-19-24-34-25-22-31(23-26-34)33(3)4/h22-23,25-26,32H,5-21,24,27-30H2,1-4H3. The Morgan fingerprint density at radius 1 is 0.756 bits per heavy atom. The van der Waals surface area contributed by atoms with Crippen LogP contribution >= 0.6 is 7.82 Å². The summed E-state index contributed by atoms with van der Waals surface area (Å²) >= 11 is 0. The largest absolute Gasteiger partial charge is 0.756 e. The minimum absolute atomic E-state index is 0.0958. The molecule has 9 heteroatoms. The van der Waals surface area contributed by atoms with E-state index in [4.69, 9.17) is 18.5 Å². The summed E-state index contributed by atoms with van der Waals surface area (Å²) in [4.78, 5) is 14.2. The summed E-state index contributed by atoms with van der Waals surface area (Å²) in [5.41, 5.74) is 1.14. The van der Waals surface area contributed by atoms with E-state index in [0.717, 1.165) is 31.5 Å². The van der Waals surface area contributed by atoms with Gasteiger partial charge in [0.2, 0.25) is 0 Å². The summed E-state index contributed by atoms with van der Waals surface area (Å²) in [6, 6.07) is 4.10. The topological polar surface area (TPSA) is 84.2 Å². The van der Waals surface area contributed by atoms with Crippen molar-refractivity contribution in [2.75, 3.05) is 52.0 Å². The van der Waals surface area contributed by atoms with Crippen molar-refractivity contribution in [1.29, 1.82) is 0 Å². The van der Waals surface area contributed by atoms with E-state index in [2.05, 4.69) is 23.6 Å². The minimum Gasteiger partial charge on any atom is -0.756 e. The first-order valence-electron chi connectivity index (χ1n) is 16.3. The van der Waals surface area contributed by atoms with Crippen LogP contribution in [-0.4, -0.2) is 53.2 Å². The molecule has 0 aromatic carbocycles. The Bertz CT molecular complexity index is 765. The van der Waals surface area contributed by atoms with Crippen molar-refractivity contribution in [2.45, 2.75) is 129 Å². The zero-order valence-corrected chi connectivity index (χ0v) is 27.6. The molecule has 1 aromatic heterocycles. The Balaban J connectivity index is 2.02. The lowest BCUT2D eigenvalue weighted by Crippen LogP contribution is -2.33. The normalized spacial score (nSPS) is 13.8. The van der Waals surface area contributed by atoms with Gasteiger partial charge in [-0.25, -0.2) is 4.57 Å². The average Bonchev–Trinajstić information content (AvgIpc) is 2.95. The fraction of sp³-hybridized carbons (Fsp3) is 0.844. The number of aromatic nitrogens is 1. The van der Waals surface area contributed by atoms with Crippen molar-refractivity contribution in [2.24, 2.45) is 0 Å². The van der Waals surface area contributed by atoms with Gasteiger partial charge < -0.3 is 28.3 Å². The summed E-state index contributed by atoms with van der Waals surface area (Å²) in [5, 5.41) is 0. The van der Waals surface area contributed by atoms with Crippen LogP contribution < -0.4 is 14.4 Å². The molecular formula is C32H61N2O6P. The van der Waals surface area contributed by atoms with Crippen LogP contribution in [0.15, 0.2) is 24.5 Å². The van der Waals surface area contributed by atoms with E-state index in [1.807, 2.05) is 38.3 Å². The number of phosphoric acid groups is 1. The molecule has 0 amide bonds. The predicted molar refractivity (Wildman–Crippen MR) is 166 cm³/mol. The molecule has 1 rings (SSSR count). The lowest BCUT2D eigenvalue weighted by molar-refractivity contribution is -0.697. The Hall–Kier alpha value is -1.02. The molecule has 0 N–H and O–H groups in total. The number of aryl methyl sites for hydroxylation is 1. The maximum atomic E-state index is 12.2. The molecule has 41 heavy (non-hydrogen) atoms. The van der Waals surface area contributed by atoms with Crippen LogP contribution in [-0.2, 0) is 29.6 Å². The van der Waals surface area contributed by atoms with E-state index >= 15 is 0 Å². The summed E-state index contributed by atoms with van der Waals surface area (Å²) in [6.45, 7) is 6.39. The van der Waals surface area contributed by atoms with Crippen LogP contribution in [0.3, 0.4) is 0 Å². The minimum atomic E-state index is -4.37. The quantitative estimate of drug-likeness (QED) is 0.0545. The predicted octanol–water partition coefficient (Wildman–Crippen LogP) is 7.22. The fourth-order valence-corrected chi connectivity index (χ4v) is 5.45. The van der Waals surface area contributed by atoms with Gasteiger partial charge in [-0.2, -0.15) is 0 Å². The summed E-state index contributed by atoms with van der Waals surface area (Å²) < 4.78 is 35.7. The number of hydrogen-bond donors (Lipinski definition) is 0. The SMILES string of the molecule is CCCCCCCCCCCCCCCCOCC(COP(=O)([O-])OCCCC[n+]1ccc(N(C)C)cc1)OCC. The Labute approximate surface area is 251 Å². The first-order chi connectivity index (χ1) is 19.9. The van der Waals surface area contributed by atoms with E-state index in [0.29, 0.717) is 26.2 Å². The third-order valence-corrected chi connectivity index (χ3v) is 8.18. The molecule has 0 fully saturated rings. The van der Waals surface area contributed by atoms with Gasteiger partial charge in [0.25, 0.3) is 7.82 Å². The second kappa shape index (κ2) is 25.5. The molecule has 0 spiro atoms. The molecule has 2 unspecified atom stereocenters. The molecular weight excluding hydrogens is 539 g/mol. The van der Waals surface area contributed by atoms with Crippen LogP contribution in [0.25, 0.3) is 0 Å². The molecule has 1 heterocycles. The average molecular weight is 601 g/mol. The fourth-order valence-electron chi connectivity index (χ4n) is 4.67. The van der Waals surface area contributed by atoms with Crippen LogP contribution in [0.5, 0.6) is 0 Å². The Morgan fingerprint density at radius 3 is 1.83 bits per heavy atom. The van der Waals surface area contributed by atoms with Gasteiger partial charge in [-0.3, -0.25) is 4.57 Å². The molecule has 2 atom stereocenters. The van der Waals surface area contributed by atoms with Crippen molar-refractivity contribution in [3.05, 3.63) is 24.5 Å². The lowest BCUT2D eigenvalue weighted by atomic mass is 10.0. The maximum Gasteiger partial charge on any atom is 0.267 e. The zero-order chi connectivity index (χ0) is 30.0. The molecule has 1 aromatic rings. The van der Waals surface area contributed by atoms with Crippen molar-refractivity contribution in [3.8, 4) is 0 Å². The van der Waals surface area contributed by atoms with Crippen molar-refractivity contribution >= 4 is 13.5 Å². The molecule has 0 aliphatic carbocycles. The number of hydrogen-bond acceptors (Lipinski definition) is 7. The smallest absolute Gasteiger partial charge is 0.267 e. The van der Waals surface area contributed by atoms with Gasteiger partial charge in [0.15, 0.2) is 12.4 Å². The number of phosphoric ester groups is 1. The molecule has 0 radical (unpaired) electrons. The number of rotatable bonds is 29. The van der Waals surface area contributed by atoms with Gasteiger partial charge in [0, 0.05) is 51.6 Å². The van der Waals surface area contributed by atoms with Gasteiger partial charge >= 0.3 is 0 Å². The van der Waals surface area contributed by atoms with E-state index in [-0.39, 0.29) is 13.2 Å². The molecule has 0 bridgehead atoms. The Morgan fingerprint density at radius 2 is 1.29 bits per heavy atom. The molecule has 8 nitrogen and oxygen atoms in total. The molecule has 0 saturated carbocycles. The van der Waals surface area contributed by atoms with Gasteiger partial charge in [-0.05, 0) is 19.8 Å². The van der Waals surface area contributed by atoms with Crippen molar-refractivity contribution in [3.63, 3.8) is 0 Å². The molecule has 0 aliphatic heterocycles. The summed E-state index contributed by atoms with van der Waals surface area (Å²) in [5.74, 6) is 0. The van der Waals surface area contributed by atoms with Gasteiger partial charge in [-0.15, -0.1) is 0 Å². The zero-order valence-electron chi connectivity index (χ0n) is 26.7. The Kier molecular flexibility index (Phi) is 23.6. The monoisotopic (exact) mass is 600 g/mol. The van der Waals surface area contributed by atoms with Crippen LogP contribution in [0.1, 0.15) is 117 Å². The van der Waals surface area contributed by atoms with E-state index in [1.165, 1.54) is 77.0 Å². The number of unbranched alkanes of at least 4 members (excludes halogenated alkanes) is 14. The first kappa shape index (κ1) is 38.0. The van der Waals surface area contributed by atoms with Crippen LogP contribution in [0, 0.1) is 0 Å². The van der Waals surface area contributed by atoms with E-state index in [9.17, 15) is 9.46 Å². The molecule has 0 aliphatic rings. The first-order valence-corrected chi connectivity index (χ1v) is 17.8. The second-order valence-electron chi connectivity index (χ2n) is 11.2. The highest BCUT2D eigenvalue weighted by Crippen LogP contribution is 2.38. The third-order valence-electron chi connectivity index (χ3n) is 7.22. The van der Waals surface area contributed by atoms with Gasteiger partial charge in [0.05, 0.1) is 19.8 Å². The van der Waals surface area contributed by atoms with E-state index < -0.39 is 13.9 Å². The number of nitrogens with zero attached hydrogens (tertiary/aromatic N) is 2. The third kappa shape index (κ3) is 22.2. The summed E-state index contributed by atoms with van der Waals surface area (Å²) in [7, 11) is -0.363. The van der Waals surface area contributed by atoms with E-state index in [1.54, 1.807) is 0 Å². The highest BCUT2D eigenvalue weighted by molar-refractivity contribution is 7.45. The maximum absolute atomic E-state index is 12.2. The number of anilines is 1. The second-order valence-corrected chi connectivity index (χ2v) is 12.6. The number of pyridine rings is 1. The van der Waals surface area contributed by atoms with Gasteiger partial charge in [0.1, 0.15) is 12.6 Å². The van der Waals surface area contributed by atoms with Crippen LogP contribution in [0.4, 0.5) is 5.69 Å². The summed E-state index contributed by atoms with van der Waals surface area (Å²) in [6.07, 6.45) is 23.6. The number of ether oxygens (including phenoxy) is 2. The van der Waals surface area contributed by atoms with Crippen molar-refractivity contribution < 1.29 is 32.5 Å². The highest BCUT2D eigenvalue weighted by atomic mass is 31.2. The molecule has 240 valence electrons. The van der Waals surface area contributed by atoms with Crippen LogP contribution in [0.2, 0.25) is 0 Å². The highest BCUT2D eigenvalue weighted by Gasteiger charge is 2.16.